The Morgan fingerprint density at radius 1 is 1.43 bits per heavy atom. The van der Waals surface area contributed by atoms with Crippen LogP contribution in [-0.4, -0.2) is 21.4 Å². The molecular formula is C17H22NO3+. The smallest absolute Gasteiger partial charge is 0.258 e. The van der Waals surface area contributed by atoms with Gasteiger partial charge in [-0.25, -0.2) is 0 Å². The molecular weight excluding hydrogens is 266 g/mol. The number of hydrogen-bond acceptors (Lipinski definition) is 3. The van der Waals surface area contributed by atoms with Crippen molar-refractivity contribution in [3.63, 3.8) is 0 Å². The molecule has 3 atom stereocenters. The van der Waals surface area contributed by atoms with Gasteiger partial charge in [-0.1, -0.05) is 12.2 Å². The van der Waals surface area contributed by atoms with Crippen LogP contribution in [0, 0.1) is 5.92 Å². The Bertz CT molecular complexity index is 614. The number of rotatable bonds is 3. The Morgan fingerprint density at radius 3 is 2.81 bits per heavy atom. The lowest BCUT2D eigenvalue weighted by Gasteiger charge is -2.17. The van der Waals surface area contributed by atoms with Gasteiger partial charge in [0.05, 0.1) is 0 Å². The maximum atomic E-state index is 10.5. The second-order valence-electron chi connectivity index (χ2n) is 6.34. The van der Waals surface area contributed by atoms with Crippen molar-refractivity contribution >= 4 is 0 Å². The molecule has 1 aliphatic heterocycles. The molecule has 112 valence electrons. The highest BCUT2D eigenvalue weighted by atomic mass is 16.3. The first-order chi connectivity index (χ1) is 9.91. The van der Waals surface area contributed by atoms with Gasteiger partial charge in [-0.3, -0.25) is 0 Å². The molecule has 1 fully saturated rings. The number of fused-ring (bicyclic) bond motifs is 1. The molecule has 0 saturated heterocycles. The summed E-state index contributed by atoms with van der Waals surface area (Å²) in [6.45, 7) is 3.52. The van der Waals surface area contributed by atoms with E-state index in [4.69, 9.17) is 0 Å². The summed E-state index contributed by atoms with van der Waals surface area (Å²) in [6, 6.07) is 2.85. The molecule has 0 amide bonds. The second-order valence-corrected chi connectivity index (χ2v) is 6.34. The minimum atomic E-state index is -1.47. The number of aliphatic hydroxyl groups excluding tert-OH is 1. The van der Waals surface area contributed by atoms with E-state index < -0.39 is 11.7 Å². The van der Waals surface area contributed by atoms with Crippen LogP contribution < -0.4 is 4.57 Å². The average molecular weight is 288 g/mol. The fraction of sp³-hybridized carbons (Fsp3) is 0.471. The van der Waals surface area contributed by atoms with Gasteiger partial charge < -0.3 is 15.3 Å². The van der Waals surface area contributed by atoms with Crippen LogP contribution in [0.15, 0.2) is 42.1 Å². The fourth-order valence-electron chi connectivity index (χ4n) is 2.98. The molecule has 1 aromatic heterocycles. The van der Waals surface area contributed by atoms with Crippen molar-refractivity contribution in [2.75, 3.05) is 0 Å². The van der Waals surface area contributed by atoms with E-state index >= 15 is 0 Å². The maximum Gasteiger partial charge on any atom is 0.258 e. The van der Waals surface area contributed by atoms with Crippen LogP contribution in [-0.2, 0) is 5.60 Å². The van der Waals surface area contributed by atoms with E-state index in [9.17, 15) is 15.3 Å². The zero-order chi connectivity index (χ0) is 15.2. The molecule has 3 unspecified atom stereocenters. The van der Waals surface area contributed by atoms with Crippen molar-refractivity contribution in [2.45, 2.75) is 44.4 Å². The van der Waals surface area contributed by atoms with Gasteiger partial charge in [-0.15, -0.1) is 0 Å². The molecule has 0 radical (unpaired) electrons. The Labute approximate surface area is 124 Å². The molecule has 3 N–H and O–H groups in total. The first-order valence-electron chi connectivity index (χ1n) is 7.42. The molecule has 4 heteroatoms. The summed E-state index contributed by atoms with van der Waals surface area (Å²) in [6.07, 6.45) is 9.51. The van der Waals surface area contributed by atoms with Gasteiger partial charge in [0, 0.05) is 6.07 Å². The third kappa shape index (κ3) is 2.49. The van der Waals surface area contributed by atoms with Crippen LogP contribution in [0.1, 0.15) is 38.4 Å². The van der Waals surface area contributed by atoms with E-state index in [0.29, 0.717) is 11.6 Å². The van der Waals surface area contributed by atoms with Crippen LogP contribution in [0.4, 0.5) is 0 Å². The predicted octanol–water partition coefficient (Wildman–Crippen LogP) is 1.72. The van der Waals surface area contributed by atoms with Crippen molar-refractivity contribution in [3.05, 3.63) is 47.8 Å². The minimum absolute atomic E-state index is 0.00336. The third-order valence-electron chi connectivity index (χ3n) is 4.39. The third-order valence-corrected chi connectivity index (χ3v) is 4.39. The molecule has 0 bridgehead atoms. The Balaban J connectivity index is 1.96. The van der Waals surface area contributed by atoms with Gasteiger partial charge >= 0.3 is 0 Å². The largest absolute Gasteiger partial charge is 0.502 e. The molecule has 0 aromatic carbocycles. The second kappa shape index (κ2) is 4.97. The Hall–Kier alpha value is -1.65. The van der Waals surface area contributed by atoms with Crippen molar-refractivity contribution in [1.29, 1.82) is 0 Å². The quantitative estimate of drug-likeness (QED) is 0.586. The first-order valence-corrected chi connectivity index (χ1v) is 7.42. The number of nitrogens with zero attached hydrogens (tertiary/aromatic N) is 1. The van der Waals surface area contributed by atoms with Crippen molar-refractivity contribution in [1.82, 2.24) is 0 Å². The maximum absolute atomic E-state index is 10.5. The fourth-order valence-corrected chi connectivity index (χ4v) is 2.98. The van der Waals surface area contributed by atoms with Crippen LogP contribution in [0.3, 0.4) is 0 Å². The molecule has 0 spiro atoms. The highest BCUT2D eigenvalue weighted by molar-refractivity contribution is 5.31. The predicted molar refractivity (Wildman–Crippen MR) is 78.5 cm³/mol. The van der Waals surface area contributed by atoms with E-state index in [2.05, 4.69) is 12.2 Å². The normalized spacial score (nSPS) is 32.7. The summed E-state index contributed by atoms with van der Waals surface area (Å²) in [4.78, 5) is 0. The summed E-state index contributed by atoms with van der Waals surface area (Å²) in [5.74, 6) is 0.706. The Morgan fingerprint density at radius 2 is 2.14 bits per heavy atom. The SMILES string of the molecule is CC(C=CC1CC1)=CC1C(O)C(C)(O)c2c(O)ccc[n+]21. The monoisotopic (exact) mass is 288 g/mol. The number of allylic oxidation sites excluding steroid dienone is 3. The molecule has 21 heavy (non-hydrogen) atoms. The summed E-state index contributed by atoms with van der Waals surface area (Å²) < 4.78 is 1.74. The number of pyridine rings is 1. The molecule has 2 aliphatic rings. The first kappa shape index (κ1) is 14.3. The highest BCUT2D eigenvalue weighted by Gasteiger charge is 2.56. The highest BCUT2D eigenvalue weighted by Crippen LogP contribution is 2.39. The number of hydrogen-bond donors (Lipinski definition) is 3. The van der Waals surface area contributed by atoms with E-state index in [1.807, 2.05) is 13.0 Å². The zero-order valence-corrected chi connectivity index (χ0v) is 12.4. The van der Waals surface area contributed by atoms with Crippen molar-refractivity contribution in [3.8, 4) is 5.75 Å². The van der Waals surface area contributed by atoms with E-state index in [1.54, 1.807) is 16.8 Å². The summed E-state index contributed by atoms with van der Waals surface area (Å²) >= 11 is 0. The lowest BCUT2D eigenvalue weighted by atomic mass is 9.94. The molecule has 1 saturated carbocycles. The van der Waals surface area contributed by atoms with Gasteiger partial charge in [0.25, 0.3) is 5.69 Å². The van der Waals surface area contributed by atoms with E-state index in [1.165, 1.54) is 25.8 Å². The van der Waals surface area contributed by atoms with Crippen molar-refractivity contribution in [2.24, 2.45) is 5.92 Å². The van der Waals surface area contributed by atoms with Crippen LogP contribution in [0.5, 0.6) is 5.75 Å². The number of aromatic nitrogens is 1. The lowest BCUT2D eigenvalue weighted by molar-refractivity contribution is -0.711. The number of aliphatic hydroxyl groups is 2. The molecule has 1 aromatic rings. The number of aromatic hydroxyl groups is 1. The summed E-state index contributed by atoms with van der Waals surface area (Å²) in [5.41, 5.74) is -0.0596. The van der Waals surface area contributed by atoms with Crippen molar-refractivity contribution < 1.29 is 19.9 Å². The topological polar surface area (TPSA) is 64.6 Å². The van der Waals surface area contributed by atoms with Crippen LogP contribution in [0.25, 0.3) is 0 Å². The average Bonchev–Trinajstić information content (AvgIpc) is 3.22. The summed E-state index contributed by atoms with van der Waals surface area (Å²) in [7, 11) is 0. The van der Waals surface area contributed by atoms with Gasteiger partial charge in [-0.05, 0) is 50.3 Å². The Kier molecular flexibility index (Phi) is 3.38. The molecule has 4 nitrogen and oxygen atoms in total. The van der Waals surface area contributed by atoms with Crippen LogP contribution in [0.2, 0.25) is 0 Å². The molecule has 1 aliphatic carbocycles. The molecule has 2 heterocycles. The molecule has 3 rings (SSSR count). The standard InChI is InChI=1S/C17H21NO3/c1-11(5-6-12-7-8-12)10-13-16(20)17(2,21)15-14(19)4-3-9-18(13)15/h3-6,9-10,12-13,16,20-21H,7-8H2,1-2H3/p+1. The van der Waals surface area contributed by atoms with Gasteiger partial charge in [0.1, 0.15) is 0 Å². The van der Waals surface area contributed by atoms with Gasteiger partial charge in [0.15, 0.2) is 23.7 Å². The van der Waals surface area contributed by atoms with Crippen LogP contribution >= 0.6 is 0 Å². The van der Waals surface area contributed by atoms with Gasteiger partial charge in [-0.2, -0.15) is 4.57 Å². The van der Waals surface area contributed by atoms with Gasteiger partial charge in [0.2, 0.25) is 6.04 Å². The van der Waals surface area contributed by atoms with E-state index in [0.717, 1.165) is 5.57 Å². The minimum Gasteiger partial charge on any atom is -0.502 e. The van der Waals surface area contributed by atoms with E-state index in [-0.39, 0.29) is 11.8 Å². The summed E-state index contributed by atoms with van der Waals surface area (Å²) in [5, 5.41) is 31.0. The zero-order valence-electron chi connectivity index (χ0n) is 12.4. The lowest BCUT2D eigenvalue weighted by Crippen LogP contribution is -2.39.